The molecule has 2 heterocycles. The average molecular weight is 240 g/mol. The van der Waals surface area contributed by atoms with E-state index in [1.54, 1.807) is 0 Å². The number of carbonyl (C=O) groups excluding carboxylic acids is 1. The first-order chi connectivity index (χ1) is 7.66. The zero-order valence-electron chi connectivity index (χ0n) is 9.53. The number of amides is 1. The van der Waals surface area contributed by atoms with Crippen molar-refractivity contribution in [1.82, 2.24) is 4.98 Å². The molecule has 1 aromatic rings. The van der Waals surface area contributed by atoms with Gasteiger partial charge in [-0.15, -0.1) is 11.3 Å². The van der Waals surface area contributed by atoms with Crippen molar-refractivity contribution in [3.8, 4) is 0 Å². The van der Waals surface area contributed by atoms with Gasteiger partial charge >= 0.3 is 0 Å². The Morgan fingerprint density at radius 3 is 3.06 bits per heavy atom. The van der Waals surface area contributed by atoms with Gasteiger partial charge in [0.15, 0.2) is 5.13 Å². The molecule has 1 aliphatic rings. The maximum absolute atomic E-state index is 11.7. The average Bonchev–Trinajstić information content (AvgIpc) is 2.87. The van der Waals surface area contributed by atoms with Crippen LogP contribution in [0.4, 0.5) is 5.13 Å². The van der Waals surface area contributed by atoms with Crippen LogP contribution in [-0.2, 0) is 9.53 Å². The summed E-state index contributed by atoms with van der Waals surface area (Å²) in [5, 5.41) is 5.46. The van der Waals surface area contributed by atoms with Crippen molar-refractivity contribution in [2.75, 3.05) is 11.9 Å². The molecule has 0 spiro atoms. The maximum Gasteiger partial charge on any atom is 0.255 e. The number of nitrogens with zero attached hydrogens (tertiary/aromatic N) is 1. The Balaban J connectivity index is 1.95. The maximum atomic E-state index is 11.7. The van der Waals surface area contributed by atoms with Crippen LogP contribution in [0, 0.1) is 0 Å². The number of thiazole rings is 1. The molecule has 1 atom stereocenters. The molecule has 16 heavy (non-hydrogen) atoms. The molecule has 1 amide bonds. The van der Waals surface area contributed by atoms with Gasteiger partial charge in [0.2, 0.25) is 0 Å². The van der Waals surface area contributed by atoms with Gasteiger partial charge < -0.3 is 4.74 Å². The fourth-order valence-corrected chi connectivity index (χ4v) is 2.45. The van der Waals surface area contributed by atoms with Crippen LogP contribution < -0.4 is 5.32 Å². The van der Waals surface area contributed by atoms with Crippen molar-refractivity contribution in [3.63, 3.8) is 0 Å². The fourth-order valence-electron chi connectivity index (χ4n) is 1.58. The molecule has 4 nitrogen and oxygen atoms in total. The summed E-state index contributed by atoms with van der Waals surface area (Å²) in [6, 6.07) is 0. The first-order valence-corrected chi connectivity index (χ1v) is 6.42. The van der Waals surface area contributed by atoms with E-state index in [4.69, 9.17) is 4.74 Å². The Hall–Kier alpha value is -0.940. The number of ether oxygens (including phenoxy) is 1. The Labute approximate surface area is 99.0 Å². The minimum Gasteiger partial charge on any atom is -0.368 e. The molecule has 5 heteroatoms. The number of carbonyl (C=O) groups is 1. The molecule has 0 radical (unpaired) electrons. The number of rotatable bonds is 3. The first-order valence-electron chi connectivity index (χ1n) is 5.54. The van der Waals surface area contributed by atoms with Gasteiger partial charge in [-0.2, -0.15) is 0 Å². The first kappa shape index (κ1) is 11.5. The van der Waals surface area contributed by atoms with E-state index < -0.39 is 0 Å². The van der Waals surface area contributed by atoms with Gasteiger partial charge in [-0.3, -0.25) is 10.1 Å². The zero-order chi connectivity index (χ0) is 11.5. The lowest BCUT2D eigenvalue weighted by Gasteiger charge is -2.07. The fraction of sp³-hybridized carbons (Fsp3) is 0.636. The topological polar surface area (TPSA) is 51.2 Å². The van der Waals surface area contributed by atoms with Gasteiger partial charge in [-0.25, -0.2) is 4.98 Å². The van der Waals surface area contributed by atoms with Crippen LogP contribution >= 0.6 is 11.3 Å². The quantitative estimate of drug-likeness (QED) is 0.882. The minimum absolute atomic E-state index is 0.0674. The van der Waals surface area contributed by atoms with E-state index >= 15 is 0 Å². The van der Waals surface area contributed by atoms with Crippen LogP contribution in [0.25, 0.3) is 0 Å². The number of anilines is 1. The van der Waals surface area contributed by atoms with Crippen molar-refractivity contribution in [2.45, 2.75) is 38.7 Å². The number of hydrogen-bond acceptors (Lipinski definition) is 4. The third-order valence-electron chi connectivity index (χ3n) is 2.57. The van der Waals surface area contributed by atoms with Crippen molar-refractivity contribution >= 4 is 22.4 Å². The largest absolute Gasteiger partial charge is 0.368 e. The number of nitrogens with one attached hydrogen (secondary N) is 1. The molecule has 0 bridgehead atoms. The second kappa shape index (κ2) is 4.93. The standard InChI is InChI=1S/C11H16N2O2S/c1-7(2)8-6-16-11(12-8)13-10(14)9-4-3-5-15-9/h6-7,9H,3-5H2,1-2H3,(H,12,13,14). The Morgan fingerprint density at radius 1 is 1.69 bits per heavy atom. The van der Waals surface area contributed by atoms with Gasteiger partial charge in [0.1, 0.15) is 6.10 Å². The number of hydrogen-bond donors (Lipinski definition) is 1. The third-order valence-corrected chi connectivity index (χ3v) is 3.34. The highest BCUT2D eigenvalue weighted by molar-refractivity contribution is 7.13. The van der Waals surface area contributed by atoms with E-state index in [-0.39, 0.29) is 12.0 Å². The molecule has 0 aliphatic carbocycles. The van der Waals surface area contributed by atoms with Crippen molar-refractivity contribution in [3.05, 3.63) is 11.1 Å². The Morgan fingerprint density at radius 2 is 2.50 bits per heavy atom. The Kier molecular flexibility index (Phi) is 3.56. The van der Waals surface area contributed by atoms with Crippen LogP contribution in [-0.4, -0.2) is 23.6 Å². The molecule has 1 aliphatic heterocycles. The van der Waals surface area contributed by atoms with Gasteiger partial charge in [-0.05, 0) is 18.8 Å². The van der Waals surface area contributed by atoms with Gasteiger partial charge in [-0.1, -0.05) is 13.8 Å². The minimum atomic E-state index is -0.286. The van der Waals surface area contributed by atoms with Crippen molar-refractivity contribution in [1.29, 1.82) is 0 Å². The highest BCUT2D eigenvalue weighted by Gasteiger charge is 2.24. The highest BCUT2D eigenvalue weighted by Crippen LogP contribution is 2.22. The van der Waals surface area contributed by atoms with E-state index in [0.29, 0.717) is 17.7 Å². The van der Waals surface area contributed by atoms with E-state index in [2.05, 4.69) is 24.1 Å². The lowest BCUT2D eigenvalue weighted by atomic mass is 10.2. The summed E-state index contributed by atoms with van der Waals surface area (Å²) < 4.78 is 5.31. The summed E-state index contributed by atoms with van der Waals surface area (Å²) in [7, 11) is 0. The van der Waals surface area contributed by atoms with E-state index in [0.717, 1.165) is 18.5 Å². The molecule has 0 aromatic carbocycles. The SMILES string of the molecule is CC(C)c1csc(NC(=O)C2CCCO2)n1. The van der Waals surface area contributed by atoms with Gasteiger partial charge in [0, 0.05) is 12.0 Å². The molecule has 2 rings (SSSR count). The Bertz CT molecular complexity index is 370. The highest BCUT2D eigenvalue weighted by atomic mass is 32.1. The molecule has 1 saturated heterocycles. The lowest BCUT2D eigenvalue weighted by Crippen LogP contribution is -2.26. The summed E-state index contributed by atoms with van der Waals surface area (Å²) in [5.74, 6) is 0.326. The van der Waals surface area contributed by atoms with E-state index in [1.165, 1.54) is 11.3 Å². The zero-order valence-corrected chi connectivity index (χ0v) is 10.3. The second-order valence-electron chi connectivity index (χ2n) is 4.22. The van der Waals surface area contributed by atoms with Crippen LogP contribution in [0.3, 0.4) is 0 Å². The predicted molar refractivity (Wildman–Crippen MR) is 63.8 cm³/mol. The molecule has 1 aromatic heterocycles. The van der Waals surface area contributed by atoms with Crippen LogP contribution in [0.2, 0.25) is 0 Å². The molecule has 1 N–H and O–H groups in total. The molecular weight excluding hydrogens is 224 g/mol. The second-order valence-corrected chi connectivity index (χ2v) is 5.08. The molecule has 0 saturated carbocycles. The van der Waals surface area contributed by atoms with Gasteiger partial charge in [0.25, 0.3) is 5.91 Å². The normalized spacial score (nSPS) is 20.3. The van der Waals surface area contributed by atoms with E-state index in [1.807, 2.05) is 5.38 Å². The smallest absolute Gasteiger partial charge is 0.255 e. The molecule has 88 valence electrons. The summed E-state index contributed by atoms with van der Waals surface area (Å²) >= 11 is 1.47. The van der Waals surface area contributed by atoms with Crippen LogP contribution in [0.5, 0.6) is 0 Å². The third kappa shape index (κ3) is 2.59. The van der Waals surface area contributed by atoms with Crippen molar-refractivity contribution < 1.29 is 9.53 Å². The summed E-state index contributed by atoms with van der Waals surface area (Å²) in [6.07, 6.45) is 1.49. The monoisotopic (exact) mass is 240 g/mol. The summed E-state index contributed by atoms with van der Waals surface area (Å²) in [4.78, 5) is 16.1. The summed E-state index contributed by atoms with van der Waals surface area (Å²) in [6.45, 7) is 4.86. The van der Waals surface area contributed by atoms with Crippen LogP contribution in [0.15, 0.2) is 5.38 Å². The lowest BCUT2D eigenvalue weighted by molar-refractivity contribution is -0.124. The molecule has 1 unspecified atom stereocenters. The molecular formula is C11H16N2O2S. The van der Waals surface area contributed by atoms with Crippen LogP contribution in [0.1, 0.15) is 38.3 Å². The number of aromatic nitrogens is 1. The van der Waals surface area contributed by atoms with E-state index in [9.17, 15) is 4.79 Å². The molecule has 1 fully saturated rings. The summed E-state index contributed by atoms with van der Waals surface area (Å²) in [5.41, 5.74) is 1.02. The van der Waals surface area contributed by atoms with Crippen molar-refractivity contribution in [2.24, 2.45) is 0 Å². The van der Waals surface area contributed by atoms with Gasteiger partial charge in [0.05, 0.1) is 5.69 Å². The predicted octanol–water partition coefficient (Wildman–Crippen LogP) is 2.38.